The Morgan fingerprint density at radius 2 is 2.09 bits per heavy atom. The van der Waals surface area contributed by atoms with Gasteiger partial charge in [-0.2, -0.15) is 0 Å². The quantitative estimate of drug-likeness (QED) is 0.606. The Bertz CT molecular complexity index is 237. The van der Waals surface area contributed by atoms with Crippen molar-refractivity contribution in [3.63, 3.8) is 0 Å². The number of alkyl halides is 1. The molecular weight excluding hydrogens is 206 g/mol. The molecule has 0 saturated carbocycles. The summed E-state index contributed by atoms with van der Waals surface area (Å²) in [5.74, 6) is 0.817. The van der Waals surface area contributed by atoms with Gasteiger partial charge in [-0.05, 0) is 6.07 Å². The number of halogens is 1. The molecule has 1 unspecified atom stereocenters. The van der Waals surface area contributed by atoms with E-state index in [-0.39, 0.29) is 4.95 Å². The number of hydrogen-bond donors (Lipinski definition) is 1. The normalized spacial score (nSPS) is 12.6. The molecule has 1 aromatic carbocycles. The summed E-state index contributed by atoms with van der Waals surface area (Å²) in [6.45, 7) is 0. The SMILES string of the molecule is COc1ccccc1C(N)Br. The average molecular weight is 216 g/mol. The van der Waals surface area contributed by atoms with Gasteiger partial charge in [-0.1, -0.05) is 34.1 Å². The lowest BCUT2D eigenvalue weighted by molar-refractivity contribution is 0.409. The molecule has 0 aliphatic heterocycles. The second-order valence-corrected chi connectivity index (χ2v) is 3.13. The van der Waals surface area contributed by atoms with Crippen LogP contribution in [0.5, 0.6) is 5.75 Å². The van der Waals surface area contributed by atoms with Gasteiger partial charge in [0.05, 0.1) is 12.1 Å². The predicted molar refractivity (Wildman–Crippen MR) is 48.8 cm³/mol. The van der Waals surface area contributed by atoms with E-state index in [1.807, 2.05) is 24.3 Å². The molecule has 0 aliphatic carbocycles. The van der Waals surface area contributed by atoms with E-state index in [9.17, 15) is 0 Å². The molecule has 0 bridgehead atoms. The zero-order chi connectivity index (χ0) is 8.27. The summed E-state index contributed by atoms with van der Waals surface area (Å²) in [6, 6.07) is 7.66. The second kappa shape index (κ2) is 3.74. The first-order chi connectivity index (χ1) is 5.25. The maximum absolute atomic E-state index is 5.63. The van der Waals surface area contributed by atoms with E-state index in [2.05, 4.69) is 15.9 Å². The fourth-order valence-corrected chi connectivity index (χ4v) is 1.27. The third-order valence-corrected chi connectivity index (χ3v) is 1.93. The van der Waals surface area contributed by atoms with Gasteiger partial charge in [-0.15, -0.1) is 0 Å². The van der Waals surface area contributed by atoms with Crippen molar-refractivity contribution in [2.75, 3.05) is 7.11 Å². The lowest BCUT2D eigenvalue weighted by atomic mass is 10.2. The van der Waals surface area contributed by atoms with E-state index in [4.69, 9.17) is 10.5 Å². The van der Waals surface area contributed by atoms with Crippen LogP contribution in [0.15, 0.2) is 24.3 Å². The Morgan fingerprint density at radius 3 is 2.55 bits per heavy atom. The summed E-state index contributed by atoms with van der Waals surface area (Å²) in [4.78, 5) is -0.154. The highest BCUT2D eigenvalue weighted by Gasteiger charge is 2.05. The highest BCUT2D eigenvalue weighted by Crippen LogP contribution is 2.26. The highest BCUT2D eigenvalue weighted by molar-refractivity contribution is 9.09. The molecule has 3 heteroatoms. The minimum absolute atomic E-state index is 0.154. The monoisotopic (exact) mass is 215 g/mol. The lowest BCUT2D eigenvalue weighted by Crippen LogP contribution is -2.03. The first kappa shape index (κ1) is 8.56. The van der Waals surface area contributed by atoms with Crippen LogP contribution in [0.4, 0.5) is 0 Å². The summed E-state index contributed by atoms with van der Waals surface area (Å²) in [6.07, 6.45) is 0. The molecule has 0 radical (unpaired) electrons. The topological polar surface area (TPSA) is 35.2 Å². The molecule has 0 amide bonds. The van der Waals surface area contributed by atoms with Gasteiger partial charge in [-0.25, -0.2) is 0 Å². The smallest absolute Gasteiger partial charge is 0.124 e. The van der Waals surface area contributed by atoms with Crippen molar-refractivity contribution in [1.82, 2.24) is 0 Å². The van der Waals surface area contributed by atoms with Crippen LogP contribution in [-0.4, -0.2) is 7.11 Å². The molecule has 0 aromatic heterocycles. The van der Waals surface area contributed by atoms with Crippen molar-refractivity contribution >= 4 is 15.9 Å². The maximum Gasteiger partial charge on any atom is 0.124 e. The first-order valence-corrected chi connectivity index (χ1v) is 4.20. The van der Waals surface area contributed by atoms with Gasteiger partial charge in [0.2, 0.25) is 0 Å². The Hall–Kier alpha value is -0.540. The van der Waals surface area contributed by atoms with Crippen LogP contribution in [0, 0.1) is 0 Å². The van der Waals surface area contributed by atoms with Crippen LogP contribution in [0.2, 0.25) is 0 Å². The molecule has 1 atom stereocenters. The van der Waals surface area contributed by atoms with Gasteiger partial charge >= 0.3 is 0 Å². The molecule has 0 saturated heterocycles. The summed E-state index contributed by atoms with van der Waals surface area (Å²) in [7, 11) is 1.63. The molecule has 0 fully saturated rings. The second-order valence-electron chi connectivity index (χ2n) is 2.14. The van der Waals surface area contributed by atoms with Crippen LogP contribution in [0.3, 0.4) is 0 Å². The zero-order valence-corrected chi connectivity index (χ0v) is 7.84. The van der Waals surface area contributed by atoms with Gasteiger partial charge in [0.1, 0.15) is 5.75 Å². The molecule has 0 aliphatic rings. The Labute approximate surface area is 74.5 Å². The van der Waals surface area contributed by atoms with E-state index >= 15 is 0 Å². The van der Waals surface area contributed by atoms with E-state index < -0.39 is 0 Å². The molecule has 1 rings (SSSR count). The molecular formula is C8H10BrNO. The van der Waals surface area contributed by atoms with Gasteiger partial charge in [0.25, 0.3) is 0 Å². The molecule has 1 aromatic rings. The van der Waals surface area contributed by atoms with E-state index in [0.29, 0.717) is 0 Å². The number of methoxy groups -OCH3 is 1. The van der Waals surface area contributed by atoms with Crippen LogP contribution in [-0.2, 0) is 0 Å². The van der Waals surface area contributed by atoms with E-state index in [0.717, 1.165) is 11.3 Å². The number of para-hydroxylation sites is 1. The predicted octanol–water partition coefficient (Wildman–Crippen LogP) is 2.05. The van der Waals surface area contributed by atoms with Crippen LogP contribution >= 0.6 is 15.9 Å². The number of hydrogen-bond acceptors (Lipinski definition) is 2. The minimum atomic E-state index is -0.154. The average Bonchev–Trinajstić information content (AvgIpc) is 2.04. The van der Waals surface area contributed by atoms with Crippen molar-refractivity contribution in [1.29, 1.82) is 0 Å². The molecule has 60 valence electrons. The molecule has 0 spiro atoms. The number of rotatable bonds is 2. The fourth-order valence-electron chi connectivity index (χ4n) is 0.894. The standard InChI is InChI=1S/C8H10BrNO/c1-11-7-5-3-2-4-6(7)8(9)10/h2-5,8H,10H2,1H3. The van der Waals surface area contributed by atoms with Crippen molar-refractivity contribution < 1.29 is 4.74 Å². The van der Waals surface area contributed by atoms with Gasteiger partial charge in [-0.3, -0.25) is 0 Å². The zero-order valence-electron chi connectivity index (χ0n) is 6.25. The van der Waals surface area contributed by atoms with Gasteiger partial charge < -0.3 is 10.5 Å². The third-order valence-electron chi connectivity index (χ3n) is 1.44. The summed E-state index contributed by atoms with van der Waals surface area (Å²) in [5.41, 5.74) is 6.59. The fraction of sp³-hybridized carbons (Fsp3) is 0.250. The van der Waals surface area contributed by atoms with Crippen molar-refractivity contribution in [2.45, 2.75) is 4.95 Å². The van der Waals surface area contributed by atoms with E-state index in [1.54, 1.807) is 7.11 Å². The minimum Gasteiger partial charge on any atom is -0.496 e. The number of nitrogens with two attached hydrogens (primary N) is 1. The highest BCUT2D eigenvalue weighted by atomic mass is 79.9. The Kier molecular flexibility index (Phi) is 2.91. The van der Waals surface area contributed by atoms with Crippen LogP contribution < -0.4 is 10.5 Å². The number of ether oxygens (including phenoxy) is 1. The van der Waals surface area contributed by atoms with Crippen molar-refractivity contribution in [3.05, 3.63) is 29.8 Å². The van der Waals surface area contributed by atoms with E-state index in [1.165, 1.54) is 0 Å². The summed E-state index contributed by atoms with van der Waals surface area (Å²) < 4.78 is 5.10. The lowest BCUT2D eigenvalue weighted by Gasteiger charge is -2.08. The number of benzene rings is 1. The van der Waals surface area contributed by atoms with Gasteiger partial charge in [0, 0.05) is 5.56 Å². The molecule has 11 heavy (non-hydrogen) atoms. The van der Waals surface area contributed by atoms with Crippen molar-refractivity contribution in [2.24, 2.45) is 5.73 Å². The maximum atomic E-state index is 5.63. The summed E-state index contributed by atoms with van der Waals surface area (Å²) in [5, 5.41) is 0. The van der Waals surface area contributed by atoms with Gasteiger partial charge in [0.15, 0.2) is 0 Å². The Balaban J connectivity index is 3.02. The van der Waals surface area contributed by atoms with Crippen LogP contribution in [0.1, 0.15) is 10.5 Å². The van der Waals surface area contributed by atoms with Crippen LogP contribution in [0.25, 0.3) is 0 Å². The third kappa shape index (κ3) is 1.94. The molecule has 2 nitrogen and oxygen atoms in total. The summed E-state index contributed by atoms with van der Waals surface area (Å²) >= 11 is 3.27. The molecule has 2 N–H and O–H groups in total. The Morgan fingerprint density at radius 1 is 1.45 bits per heavy atom. The molecule has 0 heterocycles. The van der Waals surface area contributed by atoms with Crippen molar-refractivity contribution in [3.8, 4) is 5.75 Å². The largest absolute Gasteiger partial charge is 0.496 e. The first-order valence-electron chi connectivity index (χ1n) is 3.28.